The van der Waals surface area contributed by atoms with Crippen molar-refractivity contribution in [3.63, 3.8) is 0 Å². The fraction of sp³-hybridized carbons (Fsp3) is 0.176. The van der Waals surface area contributed by atoms with Crippen molar-refractivity contribution in [1.29, 1.82) is 0 Å². The van der Waals surface area contributed by atoms with Gasteiger partial charge in [0.15, 0.2) is 11.5 Å². The van der Waals surface area contributed by atoms with Crippen LogP contribution >= 0.6 is 0 Å². The molecule has 0 aliphatic rings. The Hall–Kier alpha value is -2.82. The molecular formula is C17H16N2O3. The Morgan fingerprint density at radius 2 is 1.55 bits per heavy atom. The van der Waals surface area contributed by atoms with Crippen LogP contribution in [0.4, 0.5) is 0 Å². The molecule has 0 amide bonds. The van der Waals surface area contributed by atoms with Gasteiger partial charge in [-0.2, -0.15) is 0 Å². The SMILES string of the molecule is COc1cc2ncnc(Oc3ccc(C)cc3)c2cc1OC. The fourth-order valence-corrected chi connectivity index (χ4v) is 2.16. The molecule has 22 heavy (non-hydrogen) atoms. The average molecular weight is 296 g/mol. The number of hydrogen-bond donors (Lipinski definition) is 0. The molecular weight excluding hydrogens is 280 g/mol. The number of nitrogens with zero attached hydrogens (tertiary/aromatic N) is 2. The smallest absolute Gasteiger partial charge is 0.230 e. The van der Waals surface area contributed by atoms with E-state index in [1.807, 2.05) is 37.3 Å². The van der Waals surface area contributed by atoms with Crippen molar-refractivity contribution in [3.8, 4) is 23.1 Å². The van der Waals surface area contributed by atoms with Gasteiger partial charge in [-0.25, -0.2) is 9.97 Å². The second-order valence-corrected chi connectivity index (χ2v) is 4.82. The summed E-state index contributed by atoms with van der Waals surface area (Å²) in [5.41, 5.74) is 1.90. The number of aromatic nitrogens is 2. The number of ether oxygens (including phenoxy) is 3. The van der Waals surface area contributed by atoms with Crippen LogP contribution in [-0.4, -0.2) is 24.2 Å². The molecule has 0 saturated heterocycles. The summed E-state index contributed by atoms with van der Waals surface area (Å²) in [6, 6.07) is 11.4. The Labute approximate surface area is 128 Å². The Morgan fingerprint density at radius 3 is 2.23 bits per heavy atom. The highest BCUT2D eigenvalue weighted by atomic mass is 16.5. The van der Waals surface area contributed by atoms with Gasteiger partial charge >= 0.3 is 0 Å². The van der Waals surface area contributed by atoms with E-state index in [-0.39, 0.29) is 0 Å². The first-order valence-electron chi connectivity index (χ1n) is 6.82. The summed E-state index contributed by atoms with van der Waals surface area (Å²) < 4.78 is 16.5. The molecule has 0 spiro atoms. The highest BCUT2D eigenvalue weighted by Gasteiger charge is 2.12. The van der Waals surface area contributed by atoms with Crippen molar-refractivity contribution in [2.75, 3.05) is 14.2 Å². The third-order valence-corrected chi connectivity index (χ3v) is 3.34. The van der Waals surface area contributed by atoms with Crippen LogP contribution in [0.25, 0.3) is 10.9 Å². The summed E-state index contributed by atoms with van der Waals surface area (Å²) in [4.78, 5) is 8.48. The summed E-state index contributed by atoms with van der Waals surface area (Å²) >= 11 is 0. The van der Waals surface area contributed by atoms with E-state index in [9.17, 15) is 0 Å². The first-order valence-corrected chi connectivity index (χ1v) is 6.82. The van der Waals surface area contributed by atoms with Crippen LogP contribution < -0.4 is 14.2 Å². The van der Waals surface area contributed by atoms with Gasteiger partial charge in [0.2, 0.25) is 5.88 Å². The van der Waals surface area contributed by atoms with E-state index < -0.39 is 0 Å². The second kappa shape index (κ2) is 5.89. The molecule has 3 rings (SSSR count). The highest BCUT2D eigenvalue weighted by molar-refractivity contribution is 5.86. The number of methoxy groups -OCH3 is 2. The van der Waals surface area contributed by atoms with Crippen LogP contribution in [0.1, 0.15) is 5.56 Å². The lowest BCUT2D eigenvalue weighted by molar-refractivity contribution is 0.355. The first kappa shape index (κ1) is 14.1. The number of fused-ring (bicyclic) bond motifs is 1. The molecule has 3 aromatic rings. The Morgan fingerprint density at radius 1 is 0.864 bits per heavy atom. The Kier molecular flexibility index (Phi) is 3.78. The maximum atomic E-state index is 5.87. The molecule has 5 nitrogen and oxygen atoms in total. The zero-order valence-electron chi connectivity index (χ0n) is 12.7. The van der Waals surface area contributed by atoms with Crippen molar-refractivity contribution in [2.45, 2.75) is 6.92 Å². The monoisotopic (exact) mass is 296 g/mol. The molecule has 112 valence electrons. The third kappa shape index (κ3) is 2.65. The summed E-state index contributed by atoms with van der Waals surface area (Å²) in [6.45, 7) is 2.03. The van der Waals surface area contributed by atoms with E-state index >= 15 is 0 Å². The lowest BCUT2D eigenvalue weighted by Crippen LogP contribution is -1.95. The lowest BCUT2D eigenvalue weighted by Gasteiger charge is -2.11. The molecule has 0 saturated carbocycles. The third-order valence-electron chi connectivity index (χ3n) is 3.34. The van der Waals surface area contributed by atoms with Gasteiger partial charge in [0.25, 0.3) is 0 Å². The van der Waals surface area contributed by atoms with Gasteiger partial charge in [-0.3, -0.25) is 0 Å². The highest BCUT2D eigenvalue weighted by Crippen LogP contribution is 2.35. The maximum Gasteiger partial charge on any atom is 0.230 e. The maximum absolute atomic E-state index is 5.87. The minimum atomic E-state index is 0.481. The predicted molar refractivity (Wildman–Crippen MR) is 83.9 cm³/mol. The van der Waals surface area contributed by atoms with E-state index in [1.165, 1.54) is 11.9 Å². The summed E-state index contributed by atoms with van der Waals surface area (Å²) in [5.74, 6) is 2.43. The van der Waals surface area contributed by atoms with Gasteiger partial charge in [0, 0.05) is 6.07 Å². The zero-order chi connectivity index (χ0) is 15.5. The molecule has 0 aliphatic heterocycles. The van der Waals surface area contributed by atoms with E-state index in [1.54, 1.807) is 20.3 Å². The number of hydrogen-bond acceptors (Lipinski definition) is 5. The molecule has 0 atom stereocenters. The van der Waals surface area contributed by atoms with Crippen molar-refractivity contribution < 1.29 is 14.2 Å². The van der Waals surface area contributed by atoms with Gasteiger partial charge < -0.3 is 14.2 Å². The molecule has 0 bridgehead atoms. The predicted octanol–water partition coefficient (Wildman–Crippen LogP) is 3.75. The zero-order valence-corrected chi connectivity index (χ0v) is 12.7. The fourth-order valence-electron chi connectivity index (χ4n) is 2.16. The van der Waals surface area contributed by atoms with E-state index in [0.717, 1.165) is 16.7 Å². The van der Waals surface area contributed by atoms with Crippen LogP contribution in [-0.2, 0) is 0 Å². The molecule has 0 radical (unpaired) electrons. The molecule has 2 aromatic carbocycles. The topological polar surface area (TPSA) is 53.5 Å². The summed E-state index contributed by atoms with van der Waals surface area (Å²) in [6.07, 6.45) is 1.47. The van der Waals surface area contributed by atoms with Crippen molar-refractivity contribution in [1.82, 2.24) is 9.97 Å². The standard InChI is InChI=1S/C17H16N2O3/c1-11-4-6-12(7-5-11)22-17-13-8-15(20-2)16(21-3)9-14(13)18-10-19-17/h4-10H,1-3H3. The largest absolute Gasteiger partial charge is 0.493 e. The first-order chi connectivity index (χ1) is 10.7. The summed E-state index contributed by atoms with van der Waals surface area (Å²) in [7, 11) is 3.18. The lowest BCUT2D eigenvalue weighted by atomic mass is 10.2. The molecule has 0 aliphatic carbocycles. The summed E-state index contributed by atoms with van der Waals surface area (Å²) in [5, 5.41) is 0.765. The number of rotatable bonds is 4. The van der Waals surface area contributed by atoms with Gasteiger partial charge in [-0.1, -0.05) is 17.7 Å². The molecule has 0 fully saturated rings. The van der Waals surface area contributed by atoms with Crippen LogP contribution in [0.2, 0.25) is 0 Å². The molecule has 1 heterocycles. The number of benzene rings is 2. The van der Waals surface area contributed by atoms with Gasteiger partial charge in [-0.05, 0) is 25.1 Å². The molecule has 1 aromatic heterocycles. The van der Waals surface area contributed by atoms with E-state index in [4.69, 9.17) is 14.2 Å². The van der Waals surface area contributed by atoms with Crippen LogP contribution in [0.3, 0.4) is 0 Å². The van der Waals surface area contributed by atoms with Gasteiger partial charge in [0.1, 0.15) is 12.1 Å². The second-order valence-electron chi connectivity index (χ2n) is 4.82. The van der Waals surface area contributed by atoms with E-state index in [0.29, 0.717) is 17.4 Å². The van der Waals surface area contributed by atoms with Crippen LogP contribution in [0, 0.1) is 6.92 Å². The van der Waals surface area contributed by atoms with Crippen LogP contribution in [0.5, 0.6) is 23.1 Å². The van der Waals surface area contributed by atoms with Crippen molar-refractivity contribution >= 4 is 10.9 Å². The Balaban J connectivity index is 2.07. The van der Waals surface area contributed by atoms with Crippen molar-refractivity contribution in [2.24, 2.45) is 0 Å². The van der Waals surface area contributed by atoms with Gasteiger partial charge in [0.05, 0.1) is 25.1 Å². The normalized spacial score (nSPS) is 10.5. The van der Waals surface area contributed by atoms with Gasteiger partial charge in [-0.15, -0.1) is 0 Å². The molecule has 0 N–H and O–H groups in total. The quantitative estimate of drug-likeness (QED) is 0.734. The number of aryl methyl sites for hydroxylation is 1. The molecule has 5 heteroatoms. The van der Waals surface area contributed by atoms with Crippen LogP contribution in [0.15, 0.2) is 42.7 Å². The van der Waals surface area contributed by atoms with E-state index in [2.05, 4.69) is 9.97 Å². The average Bonchev–Trinajstić information content (AvgIpc) is 2.56. The minimum Gasteiger partial charge on any atom is -0.493 e. The van der Waals surface area contributed by atoms with Crippen molar-refractivity contribution in [3.05, 3.63) is 48.3 Å². The minimum absolute atomic E-state index is 0.481. The molecule has 0 unspecified atom stereocenters. The Bertz CT molecular complexity index is 801.